The summed E-state index contributed by atoms with van der Waals surface area (Å²) in [5, 5.41) is 10.2. The quantitative estimate of drug-likeness (QED) is 0.870. The molecule has 0 aliphatic heterocycles. The molecule has 5 heteroatoms. The van der Waals surface area contributed by atoms with Crippen LogP contribution in [0.5, 0.6) is 5.75 Å². The largest absolute Gasteiger partial charge is 0.569 e. The van der Waals surface area contributed by atoms with E-state index in [4.69, 9.17) is 9.68 Å². The number of fused-ring (bicyclic) bond motifs is 1. The van der Waals surface area contributed by atoms with E-state index in [0.29, 0.717) is 5.75 Å². The summed E-state index contributed by atoms with van der Waals surface area (Å²) in [4.78, 5) is 0. The summed E-state index contributed by atoms with van der Waals surface area (Å²) >= 11 is 0. The maximum absolute atomic E-state index is 8.76. The normalized spacial score (nSPS) is 12.7. The van der Waals surface area contributed by atoms with Crippen LogP contribution < -0.4 is 4.65 Å². The lowest BCUT2D eigenvalue weighted by Crippen LogP contribution is -2.44. The van der Waals surface area contributed by atoms with E-state index in [9.17, 15) is 0 Å². The minimum atomic E-state index is -1.65. The van der Waals surface area contributed by atoms with Crippen molar-refractivity contribution in [2.45, 2.75) is 38.9 Å². The van der Waals surface area contributed by atoms with Crippen molar-refractivity contribution in [1.82, 2.24) is 4.23 Å². The van der Waals surface area contributed by atoms with Crippen LogP contribution in [-0.4, -0.2) is 25.2 Å². The SMILES string of the molecule is CC(C)(C)[Si](C)(C)n1ccc2ccc(O[B]O)cc21. The van der Waals surface area contributed by atoms with E-state index in [2.05, 4.69) is 50.4 Å². The van der Waals surface area contributed by atoms with E-state index < -0.39 is 8.24 Å². The summed E-state index contributed by atoms with van der Waals surface area (Å²) in [7, 11) is -0.928. The van der Waals surface area contributed by atoms with Crippen molar-refractivity contribution in [2.24, 2.45) is 0 Å². The average Bonchev–Trinajstić information content (AvgIpc) is 2.71. The molecule has 1 aromatic carbocycles. The smallest absolute Gasteiger partial charge is 0.537 e. The van der Waals surface area contributed by atoms with Crippen molar-refractivity contribution < 1.29 is 9.68 Å². The van der Waals surface area contributed by atoms with Crippen molar-refractivity contribution >= 4 is 26.8 Å². The zero-order chi connectivity index (χ0) is 14.3. The molecule has 1 N–H and O–H groups in total. The number of aromatic nitrogens is 1. The molecule has 3 nitrogen and oxygen atoms in total. The zero-order valence-corrected chi connectivity index (χ0v) is 13.3. The van der Waals surface area contributed by atoms with Crippen LogP contribution >= 0.6 is 0 Å². The Labute approximate surface area is 116 Å². The van der Waals surface area contributed by atoms with E-state index in [-0.39, 0.29) is 5.04 Å². The van der Waals surface area contributed by atoms with Gasteiger partial charge in [-0.05, 0) is 34.8 Å². The molecular weight excluding hydrogens is 253 g/mol. The van der Waals surface area contributed by atoms with E-state index in [0.717, 1.165) is 7.69 Å². The Balaban J connectivity index is 2.58. The number of hydrogen-bond donors (Lipinski definition) is 1. The molecule has 101 valence electrons. The van der Waals surface area contributed by atoms with Crippen LogP contribution in [0, 0.1) is 0 Å². The number of nitrogens with zero attached hydrogens (tertiary/aromatic N) is 1. The highest BCUT2D eigenvalue weighted by Crippen LogP contribution is 2.39. The molecule has 0 unspecified atom stereocenters. The summed E-state index contributed by atoms with van der Waals surface area (Å²) < 4.78 is 7.48. The van der Waals surface area contributed by atoms with Crippen LogP contribution in [0.4, 0.5) is 0 Å². The van der Waals surface area contributed by atoms with Crippen LogP contribution in [0.15, 0.2) is 30.5 Å². The second-order valence-electron chi connectivity index (χ2n) is 6.44. The minimum absolute atomic E-state index is 0.263. The van der Waals surface area contributed by atoms with E-state index in [1.54, 1.807) is 0 Å². The average molecular weight is 274 g/mol. The van der Waals surface area contributed by atoms with E-state index in [1.807, 2.05) is 18.2 Å². The second-order valence-corrected chi connectivity index (χ2v) is 11.5. The lowest BCUT2D eigenvalue weighted by Gasteiger charge is -2.38. The van der Waals surface area contributed by atoms with Gasteiger partial charge in [-0.15, -0.1) is 0 Å². The first-order chi connectivity index (χ1) is 8.77. The standard InChI is InChI=1S/C14H21BNO2Si/c1-14(2,3)19(4,5)16-9-8-11-6-7-12(18-15-17)10-13(11)16/h6-10,17H,1-5H3. The van der Waals surface area contributed by atoms with Gasteiger partial charge in [-0.25, -0.2) is 0 Å². The van der Waals surface area contributed by atoms with Gasteiger partial charge < -0.3 is 13.9 Å². The lowest BCUT2D eigenvalue weighted by atomic mass is 10.2. The highest BCUT2D eigenvalue weighted by molar-refractivity contribution is 6.79. The van der Waals surface area contributed by atoms with Crippen LogP contribution in [-0.2, 0) is 0 Å². The lowest BCUT2D eigenvalue weighted by molar-refractivity contribution is 0.454. The van der Waals surface area contributed by atoms with Gasteiger partial charge in [0.05, 0.1) is 0 Å². The topological polar surface area (TPSA) is 34.4 Å². The molecule has 1 heterocycles. The Morgan fingerprint density at radius 1 is 1.21 bits per heavy atom. The van der Waals surface area contributed by atoms with Crippen LogP contribution in [0.25, 0.3) is 10.9 Å². The van der Waals surface area contributed by atoms with Crippen molar-refractivity contribution in [2.75, 3.05) is 0 Å². The van der Waals surface area contributed by atoms with Gasteiger partial charge in [0, 0.05) is 11.6 Å². The summed E-state index contributed by atoms with van der Waals surface area (Å²) in [6.07, 6.45) is 2.18. The van der Waals surface area contributed by atoms with Gasteiger partial charge in [-0.2, -0.15) is 0 Å². The molecule has 0 aliphatic rings. The predicted molar refractivity (Wildman–Crippen MR) is 83.1 cm³/mol. The molecule has 0 fully saturated rings. The van der Waals surface area contributed by atoms with Gasteiger partial charge in [0.2, 0.25) is 0 Å². The molecule has 0 amide bonds. The Morgan fingerprint density at radius 3 is 2.47 bits per heavy atom. The number of hydrogen-bond acceptors (Lipinski definition) is 2. The molecule has 0 saturated carbocycles. The van der Waals surface area contributed by atoms with Gasteiger partial charge in [0.25, 0.3) is 0 Å². The van der Waals surface area contributed by atoms with Crippen LogP contribution in [0.1, 0.15) is 20.8 Å². The van der Waals surface area contributed by atoms with Gasteiger partial charge in [0.15, 0.2) is 8.24 Å². The van der Waals surface area contributed by atoms with Crippen molar-refractivity contribution in [3.63, 3.8) is 0 Å². The third kappa shape index (κ3) is 2.45. The monoisotopic (exact) mass is 274 g/mol. The van der Waals surface area contributed by atoms with Gasteiger partial charge in [-0.3, -0.25) is 0 Å². The van der Waals surface area contributed by atoms with E-state index >= 15 is 0 Å². The maximum Gasteiger partial charge on any atom is 0.569 e. The van der Waals surface area contributed by atoms with Crippen molar-refractivity contribution in [3.8, 4) is 5.75 Å². The third-order valence-electron chi connectivity index (χ3n) is 4.29. The molecule has 1 aromatic heterocycles. The van der Waals surface area contributed by atoms with Crippen LogP contribution in [0.2, 0.25) is 18.1 Å². The maximum atomic E-state index is 8.76. The number of benzene rings is 1. The fourth-order valence-electron chi connectivity index (χ4n) is 2.09. The molecule has 2 aromatic rings. The first-order valence-electron chi connectivity index (χ1n) is 6.51. The van der Waals surface area contributed by atoms with Gasteiger partial charge in [-0.1, -0.05) is 33.9 Å². The molecule has 2 rings (SSSR count). The molecule has 0 saturated heterocycles. The molecule has 0 bridgehead atoms. The highest BCUT2D eigenvalue weighted by Gasteiger charge is 2.38. The zero-order valence-electron chi connectivity index (χ0n) is 12.3. The van der Waals surface area contributed by atoms with E-state index in [1.165, 1.54) is 10.9 Å². The Morgan fingerprint density at radius 2 is 1.89 bits per heavy atom. The summed E-state index contributed by atoms with van der Waals surface area (Å²) in [5.74, 6) is 0.661. The molecule has 0 atom stereocenters. The highest BCUT2D eigenvalue weighted by atomic mass is 28.3. The predicted octanol–water partition coefficient (Wildman–Crippen LogP) is 3.40. The first kappa shape index (κ1) is 14.2. The molecule has 19 heavy (non-hydrogen) atoms. The first-order valence-corrected chi connectivity index (χ1v) is 9.46. The Kier molecular flexibility index (Phi) is 3.53. The number of rotatable bonds is 3. The third-order valence-corrected chi connectivity index (χ3v) is 9.56. The van der Waals surface area contributed by atoms with Gasteiger partial charge >= 0.3 is 7.69 Å². The van der Waals surface area contributed by atoms with Gasteiger partial charge in [0.1, 0.15) is 5.75 Å². The summed E-state index contributed by atoms with van der Waals surface area (Å²) in [6.45, 7) is 11.6. The fraction of sp³-hybridized carbons (Fsp3) is 0.429. The molecule has 1 radical (unpaired) electrons. The molecule has 0 aliphatic carbocycles. The Bertz CT molecular complexity index is 587. The van der Waals surface area contributed by atoms with Crippen molar-refractivity contribution in [3.05, 3.63) is 30.5 Å². The minimum Gasteiger partial charge on any atom is -0.537 e. The molecule has 0 spiro atoms. The fourth-order valence-corrected chi connectivity index (χ4v) is 4.06. The molecular formula is C14H21BNO2Si. The summed E-state index contributed by atoms with van der Waals surface area (Å²) in [6, 6.07) is 8.02. The summed E-state index contributed by atoms with van der Waals surface area (Å²) in [5.41, 5.74) is 1.17. The second kappa shape index (κ2) is 4.72. The Hall–Kier alpha value is -1.20. The van der Waals surface area contributed by atoms with Crippen LogP contribution in [0.3, 0.4) is 0 Å². The van der Waals surface area contributed by atoms with Crippen molar-refractivity contribution in [1.29, 1.82) is 0 Å².